The van der Waals surface area contributed by atoms with Crippen LogP contribution in [0.1, 0.15) is 31.9 Å². The van der Waals surface area contributed by atoms with E-state index in [9.17, 15) is 8.78 Å². The third-order valence-corrected chi connectivity index (χ3v) is 4.79. The van der Waals surface area contributed by atoms with Crippen molar-refractivity contribution in [3.63, 3.8) is 0 Å². The monoisotopic (exact) mass is 362 g/mol. The fourth-order valence-corrected chi connectivity index (χ4v) is 3.24. The highest BCUT2D eigenvalue weighted by Gasteiger charge is 2.22. The van der Waals surface area contributed by atoms with Gasteiger partial charge in [0, 0.05) is 12.0 Å². The average Bonchev–Trinajstić information content (AvgIpc) is 2.69. The van der Waals surface area contributed by atoms with Crippen LogP contribution < -0.4 is 0 Å². The van der Waals surface area contributed by atoms with E-state index >= 15 is 0 Å². The van der Waals surface area contributed by atoms with Crippen molar-refractivity contribution in [3.05, 3.63) is 89.5 Å². The zero-order valence-electron chi connectivity index (χ0n) is 15.1. The normalized spacial score (nSPS) is 22.1. The van der Waals surface area contributed by atoms with E-state index in [2.05, 4.69) is 6.08 Å². The van der Waals surface area contributed by atoms with Crippen molar-refractivity contribution in [2.75, 3.05) is 0 Å². The largest absolute Gasteiger partial charge is 0.251 e. The second-order valence-corrected chi connectivity index (χ2v) is 7.08. The number of hydrogen-bond acceptors (Lipinski definition) is 2. The minimum Gasteiger partial charge on any atom is -0.251 e. The molecule has 0 saturated heterocycles. The number of alkyl halides is 1. The summed E-state index contributed by atoms with van der Waals surface area (Å²) >= 11 is 0. The summed E-state index contributed by atoms with van der Waals surface area (Å²) in [7, 11) is 0. The van der Waals surface area contributed by atoms with Gasteiger partial charge >= 0.3 is 0 Å². The Bertz CT molecular complexity index is 980. The summed E-state index contributed by atoms with van der Waals surface area (Å²) in [5, 5.41) is 0. The molecule has 0 fully saturated rings. The van der Waals surface area contributed by atoms with Gasteiger partial charge in [-0.1, -0.05) is 24.3 Å². The van der Waals surface area contributed by atoms with Gasteiger partial charge in [-0.15, -0.1) is 0 Å². The molecule has 1 aliphatic heterocycles. The minimum absolute atomic E-state index is 0.264. The van der Waals surface area contributed by atoms with Gasteiger partial charge in [-0.3, -0.25) is 4.99 Å². The molecule has 0 spiro atoms. The Hall–Kier alpha value is -2.88. The van der Waals surface area contributed by atoms with Gasteiger partial charge in [-0.2, -0.15) is 0 Å². The minimum atomic E-state index is -1.28. The molecule has 1 aliphatic carbocycles. The molecule has 1 atom stereocenters. The molecule has 0 N–H and O–H groups in total. The van der Waals surface area contributed by atoms with Gasteiger partial charge < -0.3 is 0 Å². The second kappa shape index (κ2) is 7.03. The number of rotatable bonds is 3. The van der Waals surface area contributed by atoms with Gasteiger partial charge in [0.15, 0.2) is 0 Å². The zero-order chi connectivity index (χ0) is 18.9. The van der Waals surface area contributed by atoms with Gasteiger partial charge in [0.25, 0.3) is 0 Å². The van der Waals surface area contributed by atoms with Gasteiger partial charge in [-0.25, -0.2) is 13.8 Å². The van der Waals surface area contributed by atoms with Gasteiger partial charge in [0.2, 0.25) is 0 Å². The first kappa shape index (κ1) is 17.5. The van der Waals surface area contributed by atoms with E-state index in [0.717, 1.165) is 46.8 Å². The van der Waals surface area contributed by atoms with Crippen molar-refractivity contribution in [1.29, 1.82) is 0 Å². The lowest BCUT2D eigenvalue weighted by molar-refractivity contribution is 0.259. The molecular weight excluding hydrogens is 342 g/mol. The number of hydrogen-bond donors (Lipinski definition) is 0. The van der Waals surface area contributed by atoms with E-state index in [1.165, 1.54) is 12.1 Å². The summed E-state index contributed by atoms with van der Waals surface area (Å²) < 4.78 is 27.1. The van der Waals surface area contributed by atoms with Crippen LogP contribution in [0.25, 0.3) is 11.3 Å². The van der Waals surface area contributed by atoms with E-state index in [0.29, 0.717) is 6.42 Å². The Labute approximate surface area is 157 Å². The number of nitrogens with zero attached hydrogens (tertiary/aromatic N) is 2. The molecule has 2 aliphatic rings. The summed E-state index contributed by atoms with van der Waals surface area (Å²) in [5.41, 5.74) is 3.93. The van der Waals surface area contributed by atoms with Crippen LogP contribution in [0.3, 0.4) is 0 Å². The predicted octanol–water partition coefficient (Wildman–Crippen LogP) is 5.97. The van der Waals surface area contributed by atoms with E-state index in [4.69, 9.17) is 9.98 Å². The Kier molecular flexibility index (Phi) is 4.56. The molecule has 1 unspecified atom stereocenters. The standard InChI is InChI=1S/C23H20F2N2/c1-23(25)14-12-17(13-15-23)20-5-3-7-22(27-20)21-6-2-4-19(26-21)16-8-10-18(24)11-9-16/h2,4-6,8-14H,3,7,15H2,1H3. The summed E-state index contributed by atoms with van der Waals surface area (Å²) in [6.45, 7) is 1.57. The van der Waals surface area contributed by atoms with Crippen LogP contribution in [-0.2, 0) is 0 Å². The SMILES string of the molecule is CC1(F)C=CC(C2=CCCC(c3cccc(-c4ccc(F)cc4)n3)=N2)=CC1. The molecule has 2 nitrogen and oxygen atoms in total. The quantitative estimate of drug-likeness (QED) is 0.660. The topological polar surface area (TPSA) is 25.2 Å². The van der Waals surface area contributed by atoms with Crippen LogP contribution >= 0.6 is 0 Å². The molecule has 4 heteroatoms. The van der Waals surface area contributed by atoms with Crippen LogP contribution in [0.4, 0.5) is 8.78 Å². The van der Waals surface area contributed by atoms with Crippen LogP contribution in [0.15, 0.2) is 83.0 Å². The Morgan fingerprint density at radius 2 is 1.78 bits per heavy atom. The van der Waals surface area contributed by atoms with E-state index < -0.39 is 5.67 Å². The molecule has 0 saturated carbocycles. The predicted molar refractivity (Wildman–Crippen MR) is 105 cm³/mol. The lowest BCUT2D eigenvalue weighted by Gasteiger charge is -2.20. The Balaban J connectivity index is 1.62. The molecule has 2 heterocycles. The number of halogens is 2. The van der Waals surface area contributed by atoms with Crippen molar-refractivity contribution < 1.29 is 8.78 Å². The fraction of sp³-hybridized carbons (Fsp3) is 0.217. The highest BCUT2D eigenvalue weighted by molar-refractivity contribution is 6.00. The Morgan fingerprint density at radius 1 is 1.00 bits per heavy atom. The number of benzene rings is 1. The molecule has 0 radical (unpaired) electrons. The molecule has 1 aromatic carbocycles. The highest BCUT2D eigenvalue weighted by Crippen LogP contribution is 2.30. The molecule has 136 valence electrons. The maximum atomic E-state index is 14.0. The number of aliphatic imine (C=N–C) groups is 1. The maximum Gasteiger partial charge on any atom is 0.130 e. The van der Waals surface area contributed by atoms with Crippen LogP contribution in [-0.4, -0.2) is 16.4 Å². The highest BCUT2D eigenvalue weighted by atomic mass is 19.1. The molecule has 4 rings (SSSR count). The van der Waals surface area contributed by atoms with E-state index in [1.54, 1.807) is 25.1 Å². The first-order valence-electron chi connectivity index (χ1n) is 9.10. The van der Waals surface area contributed by atoms with E-state index in [1.807, 2.05) is 30.4 Å². The molecule has 0 bridgehead atoms. The summed E-state index contributed by atoms with van der Waals surface area (Å²) in [6.07, 6.45) is 9.44. The molecule has 1 aromatic heterocycles. The first-order valence-corrected chi connectivity index (χ1v) is 9.10. The number of allylic oxidation sites excluding steroid dienone is 4. The smallest absolute Gasteiger partial charge is 0.130 e. The fourth-order valence-electron chi connectivity index (χ4n) is 3.24. The summed E-state index contributed by atoms with van der Waals surface area (Å²) in [5.74, 6) is -0.264. The van der Waals surface area contributed by atoms with E-state index in [-0.39, 0.29) is 5.82 Å². The number of aromatic nitrogens is 1. The van der Waals surface area contributed by atoms with Crippen LogP contribution in [0.5, 0.6) is 0 Å². The maximum absolute atomic E-state index is 14.0. The first-order chi connectivity index (χ1) is 13.0. The number of pyridine rings is 1. The van der Waals surface area contributed by atoms with Gasteiger partial charge in [0.1, 0.15) is 11.5 Å². The van der Waals surface area contributed by atoms with Crippen molar-refractivity contribution in [2.24, 2.45) is 4.99 Å². The Morgan fingerprint density at radius 3 is 2.52 bits per heavy atom. The molecule has 0 amide bonds. The average molecular weight is 362 g/mol. The lowest BCUT2D eigenvalue weighted by Crippen LogP contribution is -2.16. The van der Waals surface area contributed by atoms with Crippen LogP contribution in [0.2, 0.25) is 0 Å². The third kappa shape index (κ3) is 3.95. The molecule has 27 heavy (non-hydrogen) atoms. The van der Waals surface area contributed by atoms with Gasteiger partial charge in [0.05, 0.1) is 22.8 Å². The van der Waals surface area contributed by atoms with Crippen molar-refractivity contribution in [3.8, 4) is 11.3 Å². The summed E-state index contributed by atoms with van der Waals surface area (Å²) in [4.78, 5) is 9.51. The molecule has 2 aromatic rings. The van der Waals surface area contributed by atoms with Crippen molar-refractivity contribution >= 4 is 5.71 Å². The lowest BCUT2D eigenvalue weighted by atomic mass is 9.93. The van der Waals surface area contributed by atoms with Crippen molar-refractivity contribution in [1.82, 2.24) is 4.98 Å². The van der Waals surface area contributed by atoms with Crippen molar-refractivity contribution in [2.45, 2.75) is 31.9 Å². The van der Waals surface area contributed by atoms with Gasteiger partial charge in [-0.05, 0) is 67.8 Å². The second-order valence-electron chi connectivity index (χ2n) is 7.08. The summed E-state index contributed by atoms with van der Waals surface area (Å²) in [6, 6.07) is 12.1. The zero-order valence-corrected chi connectivity index (χ0v) is 15.1. The van der Waals surface area contributed by atoms with Crippen LogP contribution in [0, 0.1) is 5.82 Å². The molecular formula is C23H20F2N2. The third-order valence-electron chi connectivity index (χ3n) is 4.79.